The lowest BCUT2D eigenvalue weighted by atomic mass is 9.77. The van der Waals surface area contributed by atoms with Crippen LogP contribution in [0.15, 0.2) is 30.3 Å². The molecule has 0 bridgehead atoms. The van der Waals surface area contributed by atoms with Gasteiger partial charge in [-0.05, 0) is 30.2 Å². The van der Waals surface area contributed by atoms with E-state index in [-0.39, 0.29) is 17.6 Å². The number of piperidine rings is 1. The van der Waals surface area contributed by atoms with Gasteiger partial charge in [0.05, 0.1) is 5.92 Å². The summed E-state index contributed by atoms with van der Waals surface area (Å²) in [6.07, 6.45) is -2.95. The van der Waals surface area contributed by atoms with E-state index in [1.165, 1.54) is 17.0 Å². The van der Waals surface area contributed by atoms with E-state index < -0.39 is 24.4 Å². The summed E-state index contributed by atoms with van der Waals surface area (Å²) in [6.45, 7) is 2.86. The first-order valence-electron chi connectivity index (χ1n) is 8.31. The van der Waals surface area contributed by atoms with E-state index >= 15 is 0 Å². The normalized spacial score (nSPS) is 19.1. The van der Waals surface area contributed by atoms with E-state index in [0.29, 0.717) is 25.9 Å². The van der Waals surface area contributed by atoms with Gasteiger partial charge in [0, 0.05) is 26.1 Å². The number of hydrogen-bond acceptors (Lipinski definition) is 2. The molecular formula is C18H24F3NO2. The molecule has 1 aliphatic heterocycles. The third kappa shape index (κ3) is 4.29. The highest BCUT2D eigenvalue weighted by molar-refractivity contribution is 5.77. The number of benzene rings is 1. The Hall–Kier alpha value is -1.56. The van der Waals surface area contributed by atoms with Crippen LogP contribution in [-0.4, -0.2) is 41.8 Å². The number of carbonyl (C=O) groups excluding carboxylic acids is 1. The molecular weight excluding hydrogens is 319 g/mol. The van der Waals surface area contributed by atoms with Crippen LogP contribution in [0, 0.1) is 5.41 Å². The maximum absolute atomic E-state index is 13.4. The third-order valence-corrected chi connectivity index (χ3v) is 5.24. The number of nitrogens with zero attached hydrogens (tertiary/aromatic N) is 1. The Morgan fingerprint density at radius 1 is 1.25 bits per heavy atom. The highest BCUT2D eigenvalue weighted by Gasteiger charge is 2.43. The van der Waals surface area contributed by atoms with Crippen molar-refractivity contribution in [3.8, 4) is 0 Å². The van der Waals surface area contributed by atoms with Gasteiger partial charge in [-0.2, -0.15) is 13.2 Å². The average molecular weight is 343 g/mol. The second kappa shape index (κ2) is 7.55. The topological polar surface area (TPSA) is 40.5 Å². The third-order valence-electron chi connectivity index (χ3n) is 5.24. The van der Waals surface area contributed by atoms with Crippen LogP contribution in [0.5, 0.6) is 0 Å². The summed E-state index contributed by atoms with van der Waals surface area (Å²) in [4.78, 5) is 13.9. The van der Waals surface area contributed by atoms with Gasteiger partial charge in [-0.1, -0.05) is 37.3 Å². The summed E-state index contributed by atoms with van der Waals surface area (Å²) in [7, 11) is 0. The first-order chi connectivity index (χ1) is 11.3. The molecule has 134 valence electrons. The maximum Gasteiger partial charge on any atom is 0.396 e. The van der Waals surface area contributed by atoms with E-state index in [4.69, 9.17) is 0 Å². The zero-order chi connectivity index (χ0) is 17.8. The van der Waals surface area contributed by atoms with Crippen LogP contribution in [0.4, 0.5) is 13.2 Å². The van der Waals surface area contributed by atoms with Gasteiger partial charge in [0.2, 0.25) is 5.91 Å². The van der Waals surface area contributed by atoms with E-state index in [2.05, 4.69) is 0 Å². The molecule has 6 heteroatoms. The van der Waals surface area contributed by atoms with Crippen molar-refractivity contribution in [3.05, 3.63) is 35.9 Å². The highest BCUT2D eigenvalue weighted by Crippen LogP contribution is 2.39. The Labute approximate surface area is 140 Å². The molecule has 1 aliphatic rings. The predicted molar refractivity (Wildman–Crippen MR) is 85.5 cm³/mol. The number of hydrogen-bond donors (Lipinski definition) is 1. The molecule has 1 N–H and O–H groups in total. The van der Waals surface area contributed by atoms with Crippen molar-refractivity contribution >= 4 is 5.91 Å². The highest BCUT2D eigenvalue weighted by atomic mass is 19.4. The zero-order valence-corrected chi connectivity index (χ0v) is 13.9. The SMILES string of the molecule is CCC1(CO)CCN(C(=O)CC(c2ccccc2)C(F)(F)F)CC1. The molecule has 1 atom stereocenters. The van der Waals surface area contributed by atoms with Gasteiger partial charge >= 0.3 is 6.18 Å². The van der Waals surface area contributed by atoms with Gasteiger partial charge < -0.3 is 10.0 Å². The van der Waals surface area contributed by atoms with Crippen LogP contribution < -0.4 is 0 Å². The van der Waals surface area contributed by atoms with Gasteiger partial charge in [-0.3, -0.25) is 4.79 Å². The quantitative estimate of drug-likeness (QED) is 0.885. The molecule has 1 saturated heterocycles. The molecule has 1 amide bonds. The predicted octanol–water partition coefficient (Wildman–Crippen LogP) is 3.73. The number of alkyl halides is 3. The van der Waals surface area contributed by atoms with Crippen molar-refractivity contribution in [2.75, 3.05) is 19.7 Å². The molecule has 1 unspecified atom stereocenters. The number of carbonyl (C=O) groups is 1. The Balaban J connectivity index is 2.04. The van der Waals surface area contributed by atoms with Crippen LogP contribution in [0.3, 0.4) is 0 Å². The Bertz CT molecular complexity index is 531. The van der Waals surface area contributed by atoms with E-state index in [9.17, 15) is 23.1 Å². The number of aliphatic hydroxyl groups is 1. The number of halogens is 3. The van der Waals surface area contributed by atoms with Crippen LogP contribution in [0.2, 0.25) is 0 Å². The molecule has 24 heavy (non-hydrogen) atoms. The Kier molecular flexibility index (Phi) is 5.91. The molecule has 0 aliphatic carbocycles. The molecule has 1 aromatic rings. The van der Waals surface area contributed by atoms with Crippen LogP contribution >= 0.6 is 0 Å². The molecule has 2 rings (SSSR count). The minimum Gasteiger partial charge on any atom is -0.396 e. The van der Waals surface area contributed by atoms with Crippen molar-refractivity contribution in [3.63, 3.8) is 0 Å². The summed E-state index contributed by atoms with van der Waals surface area (Å²) < 4.78 is 40.1. The van der Waals surface area contributed by atoms with Crippen LogP contribution in [0.25, 0.3) is 0 Å². The van der Waals surface area contributed by atoms with Crippen molar-refractivity contribution in [1.29, 1.82) is 0 Å². The Morgan fingerprint density at radius 2 is 1.83 bits per heavy atom. The van der Waals surface area contributed by atoms with Crippen molar-refractivity contribution in [2.24, 2.45) is 5.41 Å². The minimum absolute atomic E-state index is 0.0563. The maximum atomic E-state index is 13.4. The average Bonchev–Trinajstić information content (AvgIpc) is 2.59. The fraction of sp³-hybridized carbons (Fsp3) is 0.611. The smallest absolute Gasteiger partial charge is 0.396 e. The molecule has 0 spiro atoms. The summed E-state index contributed by atoms with van der Waals surface area (Å²) >= 11 is 0. The summed E-state index contributed by atoms with van der Waals surface area (Å²) in [5.74, 6) is -2.24. The Morgan fingerprint density at radius 3 is 2.29 bits per heavy atom. The summed E-state index contributed by atoms with van der Waals surface area (Å²) in [5.41, 5.74) is -0.0757. The summed E-state index contributed by atoms with van der Waals surface area (Å²) in [6, 6.07) is 7.58. The number of likely N-dealkylation sites (tertiary alicyclic amines) is 1. The molecule has 1 heterocycles. The van der Waals surface area contributed by atoms with Crippen LogP contribution in [-0.2, 0) is 4.79 Å². The van der Waals surface area contributed by atoms with E-state index in [1.807, 2.05) is 6.92 Å². The molecule has 0 aromatic heterocycles. The fourth-order valence-electron chi connectivity index (χ4n) is 3.27. The van der Waals surface area contributed by atoms with Crippen LogP contribution in [0.1, 0.15) is 44.1 Å². The molecule has 1 fully saturated rings. The van der Waals surface area contributed by atoms with Crippen molar-refractivity contribution < 1.29 is 23.1 Å². The van der Waals surface area contributed by atoms with Gasteiger partial charge in [-0.15, -0.1) is 0 Å². The van der Waals surface area contributed by atoms with Gasteiger partial charge in [-0.25, -0.2) is 0 Å². The van der Waals surface area contributed by atoms with Gasteiger partial charge in [0.1, 0.15) is 0 Å². The number of amides is 1. The molecule has 0 saturated carbocycles. The van der Waals surface area contributed by atoms with Crippen molar-refractivity contribution in [1.82, 2.24) is 4.90 Å². The minimum atomic E-state index is -4.45. The van der Waals surface area contributed by atoms with E-state index in [0.717, 1.165) is 6.42 Å². The zero-order valence-electron chi connectivity index (χ0n) is 13.9. The number of aliphatic hydroxyl groups excluding tert-OH is 1. The fourth-order valence-corrected chi connectivity index (χ4v) is 3.27. The number of rotatable bonds is 5. The molecule has 1 aromatic carbocycles. The molecule has 3 nitrogen and oxygen atoms in total. The molecule has 0 radical (unpaired) electrons. The largest absolute Gasteiger partial charge is 0.396 e. The van der Waals surface area contributed by atoms with Gasteiger partial charge in [0.25, 0.3) is 0 Å². The standard InChI is InChI=1S/C18H24F3NO2/c1-2-17(13-23)8-10-22(11-9-17)16(24)12-15(18(19,20)21)14-6-4-3-5-7-14/h3-7,15,23H,2,8-13H2,1H3. The lowest BCUT2D eigenvalue weighted by Gasteiger charge is -2.40. The summed E-state index contributed by atoms with van der Waals surface area (Å²) in [5, 5.41) is 9.51. The van der Waals surface area contributed by atoms with Crippen molar-refractivity contribution in [2.45, 2.75) is 44.7 Å². The first kappa shape index (κ1) is 18.8. The second-order valence-electron chi connectivity index (χ2n) is 6.60. The van der Waals surface area contributed by atoms with E-state index in [1.54, 1.807) is 18.2 Å². The monoisotopic (exact) mass is 343 g/mol. The lowest BCUT2D eigenvalue weighted by molar-refractivity contribution is -0.161. The first-order valence-corrected chi connectivity index (χ1v) is 8.31. The second-order valence-corrected chi connectivity index (χ2v) is 6.60. The lowest BCUT2D eigenvalue weighted by Crippen LogP contribution is -2.45. The van der Waals surface area contributed by atoms with Gasteiger partial charge in [0.15, 0.2) is 0 Å².